The maximum Gasteiger partial charge on any atom is 0.229 e. The molecule has 0 saturated carbocycles. The number of aromatic nitrogens is 4. The molecule has 1 saturated heterocycles. The molecule has 3 heterocycles. The van der Waals surface area contributed by atoms with Crippen molar-refractivity contribution < 1.29 is 9.42 Å². The zero-order valence-corrected chi connectivity index (χ0v) is 12.3. The van der Waals surface area contributed by atoms with Gasteiger partial charge < -0.3 is 4.90 Å². The van der Waals surface area contributed by atoms with Gasteiger partial charge in [-0.25, -0.2) is 4.63 Å². The normalized spacial score (nSPS) is 19.0. The standard InChI is InChI=1S/C14H19N5O2/c1-9-7-12(16-15-9)13-5-3-4-6-19(13)14(20)8-11-10(2)17-21-18-11/h7,13H,3-6,8H2,1-2H3,(H,15,16). The molecule has 0 aromatic carbocycles. The van der Waals surface area contributed by atoms with Gasteiger partial charge in [0.1, 0.15) is 11.4 Å². The van der Waals surface area contributed by atoms with Crippen LogP contribution in [0.5, 0.6) is 0 Å². The topological polar surface area (TPSA) is 87.9 Å². The Labute approximate surface area is 122 Å². The van der Waals surface area contributed by atoms with Gasteiger partial charge in [-0.15, -0.1) is 0 Å². The van der Waals surface area contributed by atoms with Gasteiger partial charge >= 0.3 is 0 Å². The minimum absolute atomic E-state index is 0.0522. The summed E-state index contributed by atoms with van der Waals surface area (Å²) in [6.45, 7) is 4.53. The van der Waals surface area contributed by atoms with Crippen molar-refractivity contribution in [2.75, 3.05) is 6.54 Å². The van der Waals surface area contributed by atoms with Crippen LogP contribution in [0, 0.1) is 13.8 Å². The molecule has 1 N–H and O–H groups in total. The smallest absolute Gasteiger partial charge is 0.229 e. The molecule has 0 aliphatic carbocycles. The van der Waals surface area contributed by atoms with Crippen molar-refractivity contribution in [1.29, 1.82) is 0 Å². The second kappa shape index (κ2) is 5.67. The fraction of sp³-hybridized carbons (Fsp3) is 0.571. The SMILES string of the molecule is Cc1cc(C2CCCCN2C(=O)Cc2nonc2C)n[nH]1. The molecule has 21 heavy (non-hydrogen) atoms. The first kappa shape index (κ1) is 13.8. The van der Waals surface area contributed by atoms with E-state index in [1.54, 1.807) is 6.92 Å². The molecule has 3 rings (SSSR count). The molecule has 1 amide bonds. The van der Waals surface area contributed by atoms with Gasteiger partial charge in [0.15, 0.2) is 0 Å². The highest BCUT2D eigenvalue weighted by Gasteiger charge is 2.30. The number of piperidine rings is 1. The number of hydrogen-bond donors (Lipinski definition) is 1. The number of rotatable bonds is 3. The lowest BCUT2D eigenvalue weighted by Gasteiger charge is -2.34. The number of aromatic amines is 1. The van der Waals surface area contributed by atoms with Gasteiger partial charge in [0.25, 0.3) is 0 Å². The summed E-state index contributed by atoms with van der Waals surface area (Å²) < 4.78 is 4.66. The Balaban J connectivity index is 1.77. The van der Waals surface area contributed by atoms with Crippen LogP contribution in [-0.4, -0.2) is 37.9 Å². The molecule has 1 unspecified atom stereocenters. The zero-order valence-electron chi connectivity index (χ0n) is 12.3. The number of nitrogens with one attached hydrogen (secondary N) is 1. The van der Waals surface area contributed by atoms with Crippen LogP contribution in [0.4, 0.5) is 0 Å². The van der Waals surface area contributed by atoms with Gasteiger partial charge in [-0.3, -0.25) is 9.89 Å². The molecule has 1 aliphatic rings. The molecule has 0 spiro atoms. The van der Waals surface area contributed by atoms with Crippen LogP contribution < -0.4 is 0 Å². The molecule has 7 heteroatoms. The lowest BCUT2D eigenvalue weighted by molar-refractivity contribution is -0.134. The Morgan fingerprint density at radius 1 is 1.43 bits per heavy atom. The Morgan fingerprint density at radius 2 is 2.29 bits per heavy atom. The molecular weight excluding hydrogens is 270 g/mol. The molecule has 2 aromatic rings. The van der Waals surface area contributed by atoms with Crippen LogP contribution in [0.25, 0.3) is 0 Å². The molecule has 1 atom stereocenters. The number of carbonyl (C=O) groups excluding carboxylic acids is 1. The Hall–Kier alpha value is -2.18. The maximum atomic E-state index is 12.6. The third kappa shape index (κ3) is 2.81. The van der Waals surface area contributed by atoms with Crippen molar-refractivity contribution in [2.24, 2.45) is 0 Å². The number of likely N-dealkylation sites (tertiary alicyclic amines) is 1. The van der Waals surface area contributed by atoms with Gasteiger partial charge in [-0.05, 0) is 39.2 Å². The number of amides is 1. The molecular formula is C14H19N5O2. The quantitative estimate of drug-likeness (QED) is 0.929. The lowest BCUT2D eigenvalue weighted by atomic mass is 9.98. The second-order valence-electron chi connectivity index (χ2n) is 5.55. The van der Waals surface area contributed by atoms with Crippen molar-refractivity contribution in [3.8, 4) is 0 Å². The van der Waals surface area contributed by atoms with Crippen LogP contribution in [0.2, 0.25) is 0 Å². The Morgan fingerprint density at radius 3 is 2.95 bits per heavy atom. The molecule has 1 fully saturated rings. The van der Waals surface area contributed by atoms with E-state index in [4.69, 9.17) is 0 Å². The van der Waals surface area contributed by atoms with Crippen LogP contribution in [0.15, 0.2) is 10.7 Å². The minimum Gasteiger partial charge on any atom is -0.334 e. The molecule has 0 bridgehead atoms. The highest BCUT2D eigenvalue weighted by Crippen LogP contribution is 2.30. The zero-order chi connectivity index (χ0) is 14.8. The third-order valence-electron chi connectivity index (χ3n) is 3.96. The summed E-state index contributed by atoms with van der Waals surface area (Å²) in [6.07, 6.45) is 3.33. The van der Waals surface area contributed by atoms with E-state index in [-0.39, 0.29) is 18.4 Å². The predicted octanol–water partition coefficient (Wildman–Crippen LogP) is 1.71. The first-order valence-corrected chi connectivity index (χ1v) is 7.24. The summed E-state index contributed by atoms with van der Waals surface area (Å²) in [7, 11) is 0. The predicted molar refractivity (Wildman–Crippen MR) is 74.4 cm³/mol. The van der Waals surface area contributed by atoms with Gasteiger partial charge in [-0.1, -0.05) is 10.3 Å². The monoisotopic (exact) mass is 289 g/mol. The van der Waals surface area contributed by atoms with Gasteiger partial charge in [0.2, 0.25) is 5.91 Å². The first-order valence-electron chi connectivity index (χ1n) is 7.24. The summed E-state index contributed by atoms with van der Waals surface area (Å²) in [5.41, 5.74) is 3.24. The summed E-state index contributed by atoms with van der Waals surface area (Å²) >= 11 is 0. The highest BCUT2D eigenvalue weighted by molar-refractivity contribution is 5.79. The van der Waals surface area contributed by atoms with Gasteiger partial charge in [0.05, 0.1) is 18.2 Å². The average Bonchev–Trinajstić information content (AvgIpc) is 3.08. The van der Waals surface area contributed by atoms with Crippen molar-refractivity contribution in [2.45, 2.75) is 45.6 Å². The largest absolute Gasteiger partial charge is 0.334 e. The van der Waals surface area contributed by atoms with E-state index in [1.807, 2.05) is 17.9 Å². The van der Waals surface area contributed by atoms with E-state index in [9.17, 15) is 4.79 Å². The van der Waals surface area contributed by atoms with E-state index in [0.29, 0.717) is 11.4 Å². The average molecular weight is 289 g/mol. The van der Waals surface area contributed by atoms with E-state index < -0.39 is 0 Å². The van der Waals surface area contributed by atoms with Crippen LogP contribution in [0.3, 0.4) is 0 Å². The molecule has 2 aromatic heterocycles. The summed E-state index contributed by atoms with van der Waals surface area (Å²) in [5.74, 6) is 0.0548. The van der Waals surface area contributed by atoms with Crippen LogP contribution >= 0.6 is 0 Å². The second-order valence-corrected chi connectivity index (χ2v) is 5.55. The fourth-order valence-corrected chi connectivity index (χ4v) is 2.80. The lowest BCUT2D eigenvalue weighted by Crippen LogP contribution is -2.39. The van der Waals surface area contributed by atoms with E-state index in [1.165, 1.54) is 0 Å². The van der Waals surface area contributed by atoms with E-state index in [2.05, 4.69) is 25.1 Å². The number of aryl methyl sites for hydroxylation is 2. The van der Waals surface area contributed by atoms with Crippen LogP contribution in [-0.2, 0) is 11.2 Å². The van der Waals surface area contributed by atoms with Gasteiger partial charge in [0, 0.05) is 12.2 Å². The maximum absolute atomic E-state index is 12.6. The van der Waals surface area contributed by atoms with Crippen molar-refractivity contribution >= 4 is 5.91 Å². The Kier molecular flexibility index (Phi) is 3.72. The molecule has 1 aliphatic heterocycles. The summed E-state index contributed by atoms with van der Waals surface area (Å²) in [4.78, 5) is 14.5. The minimum atomic E-state index is 0.0522. The molecule has 0 radical (unpaired) electrons. The number of carbonyl (C=O) groups is 1. The molecule has 112 valence electrons. The number of H-pyrrole nitrogens is 1. The van der Waals surface area contributed by atoms with Gasteiger partial charge in [-0.2, -0.15) is 5.10 Å². The summed E-state index contributed by atoms with van der Waals surface area (Å²) in [5, 5.41) is 14.8. The first-order chi connectivity index (χ1) is 10.1. The number of hydrogen-bond acceptors (Lipinski definition) is 5. The third-order valence-corrected chi connectivity index (χ3v) is 3.96. The highest BCUT2D eigenvalue weighted by atomic mass is 16.6. The molecule has 7 nitrogen and oxygen atoms in total. The van der Waals surface area contributed by atoms with Crippen LogP contribution in [0.1, 0.15) is 48.1 Å². The summed E-state index contributed by atoms with van der Waals surface area (Å²) in [6, 6.07) is 2.07. The number of nitrogens with zero attached hydrogens (tertiary/aromatic N) is 4. The van der Waals surface area contributed by atoms with Crippen molar-refractivity contribution in [3.63, 3.8) is 0 Å². The van der Waals surface area contributed by atoms with Crippen molar-refractivity contribution in [1.82, 2.24) is 25.4 Å². The Bertz CT molecular complexity index is 633. The van der Waals surface area contributed by atoms with Crippen molar-refractivity contribution in [3.05, 3.63) is 28.8 Å². The van der Waals surface area contributed by atoms with E-state index in [0.717, 1.165) is 37.2 Å². The van der Waals surface area contributed by atoms with E-state index >= 15 is 0 Å². The fourth-order valence-electron chi connectivity index (χ4n) is 2.80.